The topological polar surface area (TPSA) is 56.5 Å². The van der Waals surface area contributed by atoms with Crippen molar-refractivity contribution in [2.24, 2.45) is 0 Å². The van der Waals surface area contributed by atoms with Gasteiger partial charge in [0.1, 0.15) is 12.2 Å². The van der Waals surface area contributed by atoms with Crippen LogP contribution in [0.5, 0.6) is 0 Å². The predicted molar refractivity (Wildman–Crippen MR) is 109 cm³/mol. The lowest BCUT2D eigenvalue weighted by Crippen LogP contribution is -2.16. The maximum absolute atomic E-state index is 12.7. The first kappa shape index (κ1) is 18.0. The Labute approximate surface area is 162 Å². The molecule has 4 heteroatoms. The first-order chi connectivity index (χ1) is 13.7. The van der Waals surface area contributed by atoms with Crippen molar-refractivity contribution in [3.05, 3.63) is 94.3 Å². The molecule has 0 spiro atoms. The Morgan fingerprint density at radius 1 is 1.00 bits per heavy atom. The molecule has 0 saturated carbocycles. The van der Waals surface area contributed by atoms with Crippen molar-refractivity contribution in [3.8, 4) is 0 Å². The maximum Gasteiger partial charge on any atom is 0.336 e. The van der Waals surface area contributed by atoms with Gasteiger partial charge in [-0.1, -0.05) is 67.6 Å². The van der Waals surface area contributed by atoms with Crippen LogP contribution in [0.1, 0.15) is 30.4 Å². The molecule has 1 unspecified atom stereocenters. The summed E-state index contributed by atoms with van der Waals surface area (Å²) in [5, 5.41) is 2.80. The lowest BCUT2D eigenvalue weighted by Gasteiger charge is -2.15. The highest BCUT2D eigenvalue weighted by Gasteiger charge is 2.21. The van der Waals surface area contributed by atoms with E-state index in [0.717, 1.165) is 21.7 Å². The summed E-state index contributed by atoms with van der Waals surface area (Å²) in [5.41, 5.74) is 1.62. The van der Waals surface area contributed by atoms with Crippen LogP contribution < -0.4 is 5.63 Å². The van der Waals surface area contributed by atoms with Gasteiger partial charge >= 0.3 is 11.6 Å². The molecule has 1 aromatic heterocycles. The van der Waals surface area contributed by atoms with E-state index < -0.39 is 5.63 Å². The van der Waals surface area contributed by atoms with E-state index >= 15 is 0 Å². The summed E-state index contributed by atoms with van der Waals surface area (Å²) < 4.78 is 11.0. The number of ether oxygens (including phenoxy) is 1. The van der Waals surface area contributed by atoms with Crippen molar-refractivity contribution in [1.29, 1.82) is 0 Å². The van der Waals surface area contributed by atoms with E-state index in [1.807, 2.05) is 67.6 Å². The molecule has 140 valence electrons. The molecule has 0 saturated heterocycles. The third kappa shape index (κ3) is 3.41. The van der Waals surface area contributed by atoms with E-state index in [4.69, 9.17) is 9.15 Å². The Bertz CT molecular complexity index is 1190. The van der Waals surface area contributed by atoms with E-state index in [1.165, 1.54) is 6.07 Å². The zero-order valence-corrected chi connectivity index (χ0v) is 15.6. The standard InChI is InChI=1S/C24H20O4/c1-2-19(16-8-4-3-5-9-16)24(26)27-15-18-14-22(25)28-21-13-12-17-10-6-7-11-20(17)23(18)21/h3-14,19H,2,15H2,1H3. The molecule has 4 rings (SSSR count). The van der Waals surface area contributed by atoms with Gasteiger partial charge in [-0.2, -0.15) is 0 Å². The molecule has 3 aromatic carbocycles. The Hall–Kier alpha value is -3.40. The van der Waals surface area contributed by atoms with Gasteiger partial charge in [0, 0.05) is 17.0 Å². The first-order valence-electron chi connectivity index (χ1n) is 9.33. The van der Waals surface area contributed by atoms with Crippen LogP contribution in [0.2, 0.25) is 0 Å². The predicted octanol–water partition coefficient (Wildman–Crippen LogP) is 5.18. The largest absolute Gasteiger partial charge is 0.460 e. The fourth-order valence-corrected chi connectivity index (χ4v) is 3.61. The van der Waals surface area contributed by atoms with Crippen LogP contribution in [0.25, 0.3) is 21.7 Å². The summed E-state index contributed by atoms with van der Waals surface area (Å²) in [6, 6.07) is 22.6. The first-order valence-corrected chi connectivity index (χ1v) is 9.33. The fourth-order valence-electron chi connectivity index (χ4n) is 3.61. The summed E-state index contributed by atoms with van der Waals surface area (Å²) in [4.78, 5) is 24.7. The number of hydrogen-bond acceptors (Lipinski definition) is 4. The lowest BCUT2D eigenvalue weighted by molar-refractivity contribution is -0.146. The molecule has 0 aliphatic rings. The van der Waals surface area contributed by atoms with Gasteiger partial charge in [-0.3, -0.25) is 4.79 Å². The average molecular weight is 372 g/mol. The second kappa shape index (κ2) is 7.69. The molecule has 4 nitrogen and oxygen atoms in total. The van der Waals surface area contributed by atoms with Crippen LogP contribution in [0.15, 0.2) is 82.0 Å². The van der Waals surface area contributed by atoms with E-state index in [0.29, 0.717) is 17.6 Å². The highest BCUT2D eigenvalue weighted by molar-refractivity contribution is 6.07. The van der Waals surface area contributed by atoms with Crippen molar-refractivity contribution in [1.82, 2.24) is 0 Å². The minimum Gasteiger partial charge on any atom is -0.460 e. The normalized spacial score (nSPS) is 12.2. The summed E-state index contributed by atoms with van der Waals surface area (Å²) in [5.74, 6) is -0.625. The third-order valence-corrected chi connectivity index (χ3v) is 4.98. The summed E-state index contributed by atoms with van der Waals surface area (Å²) in [6.45, 7) is 1.98. The van der Waals surface area contributed by atoms with Gasteiger partial charge in [0.15, 0.2) is 0 Å². The molecule has 1 atom stereocenters. The molecule has 0 amide bonds. The van der Waals surface area contributed by atoms with Crippen LogP contribution in [0.3, 0.4) is 0 Å². The number of carbonyl (C=O) groups is 1. The molecule has 4 aromatic rings. The van der Waals surface area contributed by atoms with Gasteiger partial charge in [0.25, 0.3) is 0 Å². The van der Waals surface area contributed by atoms with Gasteiger partial charge in [-0.15, -0.1) is 0 Å². The second-order valence-corrected chi connectivity index (χ2v) is 6.73. The molecule has 0 fully saturated rings. The van der Waals surface area contributed by atoms with Crippen molar-refractivity contribution < 1.29 is 13.9 Å². The lowest BCUT2D eigenvalue weighted by atomic mass is 9.97. The van der Waals surface area contributed by atoms with Crippen molar-refractivity contribution in [2.45, 2.75) is 25.9 Å². The van der Waals surface area contributed by atoms with Crippen molar-refractivity contribution in [2.75, 3.05) is 0 Å². The summed E-state index contributed by atoms with van der Waals surface area (Å²) in [6.07, 6.45) is 0.642. The SMILES string of the molecule is CCC(C(=O)OCc1cc(=O)oc2ccc3ccccc3c12)c1ccccc1. The highest BCUT2D eigenvalue weighted by Crippen LogP contribution is 2.28. The molecule has 0 aliphatic carbocycles. The Kier molecular flexibility index (Phi) is 4.94. The van der Waals surface area contributed by atoms with E-state index in [-0.39, 0.29) is 18.5 Å². The van der Waals surface area contributed by atoms with Crippen molar-refractivity contribution >= 4 is 27.7 Å². The Morgan fingerprint density at radius 2 is 1.75 bits per heavy atom. The average Bonchev–Trinajstić information content (AvgIpc) is 2.73. The monoisotopic (exact) mass is 372 g/mol. The van der Waals surface area contributed by atoms with Gasteiger partial charge in [0.05, 0.1) is 5.92 Å². The molecule has 1 heterocycles. The number of fused-ring (bicyclic) bond motifs is 3. The van der Waals surface area contributed by atoms with Crippen LogP contribution in [-0.4, -0.2) is 5.97 Å². The van der Waals surface area contributed by atoms with Crippen LogP contribution >= 0.6 is 0 Å². The van der Waals surface area contributed by atoms with E-state index in [9.17, 15) is 9.59 Å². The molecule has 0 bridgehead atoms. The number of benzene rings is 3. The molecule has 0 N–H and O–H groups in total. The molecule has 0 radical (unpaired) electrons. The summed E-state index contributed by atoms with van der Waals surface area (Å²) in [7, 11) is 0. The minimum absolute atomic E-state index is 0.0261. The Balaban J connectivity index is 1.69. The highest BCUT2D eigenvalue weighted by atomic mass is 16.5. The molecule has 0 aliphatic heterocycles. The van der Waals surface area contributed by atoms with Gasteiger partial charge < -0.3 is 9.15 Å². The zero-order valence-electron chi connectivity index (χ0n) is 15.6. The number of hydrogen-bond donors (Lipinski definition) is 0. The smallest absolute Gasteiger partial charge is 0.336 e. The summed E-state index contributed by atoms with van der Waals surface area (Å²) >= 11 is 0. The van der Waals surface area contributed by atoms with Crippen LogP contribution in [0.4, 0.5) is 0 Å². The number of rotatable bonds is 5. The third-order valence-electron chi connectivity index (χ3n) is 4.98. The molecular formula is C24H20O4. The van der Waals surface area contributed by atoms with Gasteiger partial charge in [-0.25, -0.2) is 4.79 Å². The zero-order chi connectivity index (χ0) is 19.5. The fraction of sp³-hybridized carbons (Fsp3) is 0.167. The van der Waals surface area contributed by atoms with E-state index in [2.05, 4.69) is 0 Å². The number of carbonyl (C=O) groups excluding carboxylic acids is 1. The van der Waals surface area contributed by atoms with Gasteiger partial charge in [-0.05, 0) is 28.8 Å². The van der Waals surface area contributed by atoms with E-state index in [1.54, 1.807) is 6.07 Å². The second-order valence-electron chi connectivity index (χ2n) is 6.73. The van der Waals surface area contributed by atoms with Crippen molar-refractivity contribution in [3.63, 3.8) is 0 Å². The number of esters is 1. The molecule has 28 heavy (non-hydrogen) atoms. The maximum atomic E-state index is 12.7. The van der Waals surface area contributed by atoms with Crippen LogP contribution in [-0.2, 0) is 16.1 Å². The van der Waals surface area contributed by atoms with Gasteiger partial charge in [0.2, 0.25) is 0 Å². The minimum atomic E-state index is -0.455. The van der Waals surface area contributed by atoms with Crippen LogP contribution in [0, 0.1) is 0 Å². The Morgan fingerprint density at radius 3 is 2.54 bits per heavy atom. The quantitative estimate of drug-likeness (QED) is 0.275. The molecular weight excluding hydrogens is 352 g/mol.